The highest BCUT2D eigenvalue weighted by Crippen LogP contribution is 2.12. The summed E-state index contributed by atoms with van der Waals surface area (Å²) in [6, 6.07) is 0. The van der Waals surface area contributed by atoms with Gasteiger partial charge >= 0.3 is 5.97 Å². The number of hydrogen-bond donors (Lipinski definition) is 0. The summed E-state index contributed by atoms with van der Waals surface area (Å²) < 4.78 is 28.4. The average molecular weight is 293 g/mol. The highest BCUT2D eigenvalue weighted by Gasteiger charge is 2.21. The lowest BCUT2D eigenvalue weighted by atomic mass is 10.3. The van der Waals surface area contributed by atoms with Crippen molar-refractivity contribution >= 4 is 27.4 Å². The normalized spacial score (nSPS) is 13.1. The van der Waals surface area contributed by atoms with E-state index in [1.165, 1.54) is 7.11 Å². The number of methoxy groups -OCH3 is 1. The van der Waals surface area contributed by atoms with E-state index in [1.54, 1.807) is 6.92 Å². The van der Waals surface area contributed by atoms with Crippen LogP contribution in [0.5, 0.6) is 0 Å². The maximum absolute atomic E-state index is 12.0. The lowest BCUT2D eigenvalue weighted by Gasteiger charge is -2.08. The van der Waals surface area contributed by atoms with Gasteiger partial charge in [-0.15, -0.1) is 11.6 Å². The van der Waals surface area contributed by atoms with Crippen molar-refractivity contribution in [3.63, 3.8) is 0 Å². The third-order valence-corrected chi connectivity index (χ3v) is 4.46. The van der Waals surface area contributed by atoms with Crippen LogP contribution >= 0.6 is 11.6 Å². The van der Waals surface area contributed by atoms with Gasteiger partial charge in [-0.05, 0) is 5.92 Å². The number of aromatic nitrogens is 2. The number of rotatable bonds is 5. The summed E-state index contributed by atoms with van der Waals surface area (Å²) in [4.78, 5) is 18.6. The van der Waals surface area contributed by atoms with Crippen molar-refractivity contribution in [3.8, 4) is 0 Å². The monoisotopic (exact) mass is 292 g/mol. The van der Waals surface area contributed by atoms with Crippen LogP contribution in [-0.4, -0.2) is 43.1 Å². The number of carbonyl (C=O) groups excluding carboxylic acids is 1. The Balaban J connectivity index is 3.06. The quantitative estimate of drug-likeness (QED) is 0.592. The van der Waals surface area contributed by atoms with E-state index in [0.717, 1.165) is 12.4 Å². The second-order valence-corrected chi connectivity index (χ2v) is 6.06. The van der Waals surface area contributed by atoms with Crippen molar-refractivity contribution in [1.29, 1.82) is 0 Å². The van der Waals surface area contributed by atoms with Gasteiger partial charge in [0.05, 0.1) is 25.3 Å². The molecule has 0 spiro atoms. The molecule has 1 heterocycles. The molecule has 8 heteroatoms. The van der Waals surface area contributed by atoms with Gasteiger partial charge in [0, 0.05) is 5.88 Å². The van der Waals surface area contributed by atoms with Gasteiger partial charge in [0.15, 0.2) is 20.6 Å². The number of alkyl halides is 1. The molecule has 6 nitrogen and oxygen atoms in total. The number of ether oxygens (including phenoxy) is 1. The Morgan fingerprint density at radius 3 is 2.72 bits per heavy atom. The lowest BCUT2D eigenvalue weighted by Crippen LogP contribution is -2.18. The van der Waals surface area contributed by atoms with E-state index in [9.17, 15) is 13.2 Å². The van der Waals surface area contributed by atoms with Crippen LogP contribution in [0.15, 0.2) is 17.4 Å². The van der Waals surface area contributed by atoms with Crippen LogP contribution in [0.4, 0.5) is 0 Å². The molecule has 0 N–H and O–H groups in total. The number of sulfone groups is 1. The van der Waals surface area contributed by atoms with Gasteiger partial charge in [-0.3, -0.25) is 4.98 Å². The molecule has 0 aliphatic rings. The summed E-state index contributed by atoms with van der Waals surface area (Å²) in [5.74, 6) is -0.857. The molecule has 1 atom stereocenters. The molecule has 0 bridgehead atoms. The average Bonchev–Trinajstić information content (AvgIpc) is 2.37. The Morgan fingerprint density at radius 1 is 1.50 bits per heavy atom. The maximum Gasteiger partial charge on any atom is 0.358 e. The fourth-order valence-electron chi connectivity index (χ4n) is 1.21. The number of carbonyl (C=O) groups is 1. The SMILES string of the molecule is COC(=O)c1cncc(S(=O)(=O)CC(C)CCl)n1. The molecule has 0 saturated heterocycles. The predicted molar refractivity (Wildman–Crippen MR) is 65.3 cm³/mol. The lowest BCUT2D eigenvalue weighted by molar-refractivity contribution is 0.0592. The van der Waals surface area contributed by atoms with E-state index in [1.807, 2.05) is 0 Å². The number of halogens is 1. The fourth-order valence-corrected chi connectivity index (χ4v) is 2.94. The molecule has 1 rings (SSSR count). The molecule has 0 aliphatic heterocycles. The molecule has 0 aliphatic carbocycles. The van der Waals surface area contributed by atoms with E-state index in [4.69, 9.17) is 11.6 Å². The zero-order valence-electron chi connectivity index (χ0n) is 9.96. The van der Waals surface area contributed by atoms with Crippen LogP contribution in [-0.2, 0) is 14.6 Å². The first-order valence-corrected chi connectivity index (χ1v) is 7.28. The minimum atomic E-state index is -3.60. The topological polar surface area (TPSA) is 86.2 Å². The van der Waals surface area contributed by atoms with Crippen LogP contribution in [0, 0.1) is 5.92 Å². The van der Waals surface area contributed by atoms with Gasteiger partial charge in [-0.25, -0.2) is 18.2 Å². The van der Waals surface area contributed by atoms with Gasteiger partial charge in [-0.2, -0.15) is 0 Å². The summed E-state index contributed by atoms with van der Waals surface area (Å²) in [5, 5.41) is -0.248. The summed E-state index contributed by atoms with van der Waals surface area (Å²) >= 11 is 5.58. The van der Waals surface area contributed by atoms with E-state index < -0.39 is 15.8 Å². The Kier molecular flexibility index (Phi) is 5.03. The van der Waals surface area contributed by atoms with E-state index in [0.29, 0.717) is 0 Å². The summed E-state index contributed by atoms with van der Waals surface area (Å²) in [6.07, 6.45) is 2.25. The standard InChI is InChI=1S/C10H13ClN2O4S/c1-7(3-11)6-18(15,16)9-5-12-4-8(13-9)10(14)17-2/h4-5,7H,3,6H2,1-2H3. The number of esters is 1. The predicted octanol–water partition coefficient (Wildman–Crippen LogP) is 0.912. The smallest absolute Gasteiger partial charge is 0.358 e. The van der Waals surface area contributed by atoms with E-state index in [2.05, 4.69) is 14.7 Å². The first kappa shape index (κ1) is 14.8. The van der Waals surface area contributed by atoms with Crippen molar-refractivity contribution in [2.24, 2.45) is 5.92 Å². The second kappa shape index (κ2) is 6.10. The van der Waals surface area contributed by atoms with Gasteiger partial charge in [-0.1, -0.05) is 6.92 Å². The van der Waals surface area contributed by atoms with Crippen LogP contribution in [0.3, 0.4) is 0 Å². The molecule has 1 aromatic heterocycles. The Morgan fingerprint density at radius 2 is 2.17 bits per heavy atom. The van der Waals surface area contributed by atoms with Crippen LogP contribution < -0.4 is 0 Å². The van der Waals surface area contributed by atoms with E-state index >= 15 is 0 Å². The van der Waals surface area contributed by atoms with E-state index in [-0.39, 0.29) is 28.3 Å². The fraction of sp³-hybridized carbons (Fsp3) is 0.500. The van der Waals surface area contributed by atoms with Gasteiger partial charge in [0.1, 0.15) is 0 Å². The zero-order chi connectivity index (χ0) is 13.8. The van der Waals surface area contributed by atoms with Gasteiger partial charge in [0.25, 0.3) is 0 Å². The van der Waals surface area contributed by atoms with Crippen LogP contribution in [0.1, 0.15) is 17.4 Å². The molecule has 100 valence electrons. The highest BCUT2D eigenvalue weighted by atomic mass is 35.5. The van der Waals surface area contributed by atoms with Gasteiger partial charge < -0.3 is 4.74 Å². The van der Waals surface area contributed by atoms with Gasteiger partial charge in [0.2, 0.25) is 0 Å². The first-order chi connectivity index (χ1) is 8.40. The summed E-state index contributed by atoms with van der Waals surface area (Å²) in [5.41, 5.74) is -0.142. The van der Waals surface area contributed by atoms with Crippen molar-refractivity contribution in [3.05, 3.63) is 18.1 Å². The van der Waals surface area contributed by atoms with Crippen molar-refractivity contribution in [2.75, 3.05) is 18.7 Å². The molecule has 0 radical (unpaired) electrons. The first-order valence-electron chi connectivity index (χ1n) is 5.09. The minimum absolute atomic E-state index is 0.142. The number of nitrogens with zero attached hydrogens (tertiary/aromatic N) is 2. The molecular formula is C10H13ClN2O4S. The molecule has 0 saturated carbocycles. The summed E-state index contributed by atoms with van der Waals surface area (Å²) in [6.45, 7) is 1.71. The molecule has 1 unspecified atom stereocenters. The number of hydrogen-bond acceptors (Lipinski definition) is 6. The molecular weight excluding hydrogens is 280 g/mol. The minimum Gasteiger partial charge on any atom is -0.464 e. The molecule has 0 fully saturated rings. The molecule has 0 amide bonds. The third kappa shape index (κ3) is 3.64. The second-order valence-electron chi connectivity index (χ2n) is 3.78. The Bertz CT molecular complexity index is 532. The molecule has 0 aromatic carbocycles. The Hall–Kier alpha value is -1.21. The molecule has 1 aromatic rings. The molecule has 18 heavy (non-hydrogen) atoms. The highest BCUT2D eigenvalue weighted by molar-refractivity contribution is 7.91. The van der Waals surface area contributed by atoms with Crippen LogP contribution in [0.25, 0.3) is 0 Å². The zero-order valence-corrected chi connectivity index (χ0v) is 11.5. The van der Waals surface area contributed by atoms with Crippen molar-refractivity contribution < 1.29 is 17.9 Å². The summed E-state index contributed by atoms with van der Waals surface area (Å²) in [7, 11) is -2.42. The van der Waals surface area contributed by atoms with Crippen molar-refractivity contribution in [1.82, 2.24) is 9.97 Å². The van der Waals surface area contributed by atoms with Crippen molar-refractivity contribution in [2.45, 2.75) is 11.9 Å². The maximum atomic E-state index is 12.0. The largest absolute Gasteiger partial charge is 0.464 e. The Labute approximate surface area is 110 Å². The van der Waals surface area contributed by atoms with Crippen LogP contribution in [0.2, 0.25) is 0 Å². The third-order valence-electron chi connectivity index (χ3n) is 2.09.